The van der Waals surface area contributed by atoms with E-state index in [4.69, 9.17) is 34.9 Å². The van der Waals surface area contributed by atoms with E-state index in [0.717, 1.165) is 40.7 Å². The van der Waals surface area contributed by atoms with Gasteiger partial charge < -0.3 is 18.7 Å². The van der Waals surface area contributed by atoms with Gasteiger partial charge in [0.05, 0.1) is 19.3 Å². The fraction of sp³-hybridized carbons (Fsp3) is 0.627. The predicted octanol–water partition coefficient (Wildman–Crippen LogP) is 16.7. The second kappa shape index (κ2) is 28.0. The van der Waals surface area contributed by atoms with Crippen LogP contribution in [0.15, 0.2) is 54.6 Å². The monoisotopic (exact) mass is 867 g/mol. The summed E-state index contributed by atoms with van der Waals surface area (Å²) in [6, 6.07) is 17.3. The molecule has 0 spiro atoms. The Labute approximate surface area is 368 Å². The van der Waals surface area contributed by atoms with Crippen LogP contribution < -0.4 is 9.47 Å². The van der Waals surface area contributed by atoms with Gasteiger partial charge in [0.1, 0.15) is 11.5 Å². The van der Waals surface area contributed by atoms with Crippen LogP contribution in [0.1, 0.15) is 201 Å². The third kappa shape index (κ3) is 18.6. The van der Waals surface area contributed by atoms with Crippen LogP contribution in [0.3, 0.4) is 0 Å². The zero-order chi connectivity index (χ0) is 43.0. The largest absolute Gasteiger partial charge is 0.513 e. The van der Waals surface area contributed by atoms with E-state index >= 15 is 0 Å². The van der Waals surface area contributed by atoms with Gasteiger partial charge in [-0.1, -0.05) is 179 Å². The summed E-state index contributed by atoms with van der Waals surface area (Å²) in [5.41, 5.74) is 6.25. The molecular formula is C51H76ClO7P. The van der Waals surface area contributed by atoms with Crippen LogP contribution in [0.5, 0.6) is 11.5 Å². The number of ether oxygens (including phenoxy) is 3. The van der Waals surface area contributed by atoms with Crippen LogP contribution in [0.4, 0.5) is 4.79 Å². The van der Waals surface area contributed by atoms with Gasteiger partial charge in [0.25, 0.3) is 0 Å². The highest BCUT2D eigenvalue weighted by Gasteiger charge is 2.35. The molecule has 1 saturated heterocycles. The van der Waals surface area contributed by atoms with E-state index < -0.39 is 13.8 Å². The summed E-state index contributed by atoms with van der Waals surface area (Å²) in [5, 5.41) is 0.607. The van der Waals surface area contributed by atoms with Gasteiger partial charge in [-0.2, -0.15) is 0 Å². The van der Waals surface area contributed by atoms with Gasteiger partial charge in [0.2, 0.25) is 0 Å². The van der Waals surface area contributed by atoms with Gasteiger partial charge in [0.15, 0.2) is 6.35 Å². The molecule has 2 atom stereocenters. The zero-order valence-electron chi connectivity index (χ0n) is 37.7. The van der Waals surface area contributed by atoms with Gasteiger partial charge in [-0.3, -0.25) is 9.09 Å². The lowest BCUT2D eigenvalue weighted by Gasteiger charge is -2.30. The van der Waals surface area contributed by atoms with Crippen LogP contribution in [0, 0.1) is 13.8 Å². The van der Waals surface area contributed by atoms with E-state index in [1.165, 1.54) is 121 Å². The smallest absolute Gasteiger partial charge is 0.481 e. The average molecular weight is 868 g/mol. The molecular weight excluding hydrogens is 791 g/mol. The molecule has 1 aliphatic heterocycles. The molecule has 0 bridgehead atoms. The summed E-state index contributed by atoms with van der Waals surface area (Å²) in [7, 11) is -3.48. The minimum atomic E-state index is -3.48. The van der Waals surface area contributed by atoms with E-state index in [2.05, 4.69) is 40.7 Å². The first-order valence-electron chi connectivity index (χ1n) is 23.4. The van der Waals surface area contributed by atoms with E-state index in [9.17, 15) is 9.36 Å². The van der Waals surface area contributed by atoms with E-state index in [1.807, 2.05) is 42.5 Å². The lowest BCUT2D eigenvalue weighted by atomic mass is 9.93. The summed E-state index contributed by atoms with van der Waals surface area (Å²) in [5.74, 6) is 1.31. The summed E-state index contributed by atoms with van der Waals surface area (Å²) in [4.78, 5) is 12.7. The Morgan fingerprint density at radius 3 is 1.88 bits per heavy atom. The fourth-order valence-electron chi connectivity index (χ4n) is 8.14. The normalized spacial score (nSPS) is 16.6. The number of halogens is 1. The maximum Gasteiger partial charge on any atom is 0.513 e. The number of rotatable bonds is 29. The molecule has 0 aromatic heterocycles. The van der Waals surface area contributed by atoms with Gasteiger partial charge in [0, 0.05) is 11.4 Å². The molecule has 1 heterocycles. The Balaban J connectivity index is 1.09. The predicted molar refractivity (Wildman–Crippen MR) is 248 cm³/mol. The van der Waals surface area contributed by atoms with Gasteiger partial charge in [-0.15, -0.1) is 0 Å². The van der Waals surface area contributed by atoms with Gasteiger partial charge in [-0.25, -0.2) is 4.79 Å². The highest BCUT2D eigenvalue weighted by atomic mass is 35.5. The maximum absolute atomic E-state index is 13.5. The van der Waals surface area contributed by atoms with Crippen molar-refractivity contribution in [3.8, 4) is 11.5 Å². The van der Waals surface area contributed by atoms with Crippen molar-refractivity contribution in [2.75, 3.05) is 19.6 Å². The minimum Gasteiger partial charge on any atom is -0.481 e. The number of hydrogen-bond acceptors (Lipinski definition) is 7. The van der Waals surface area contributed by atoms with Crippen molar-refractivity contribution in [3.63, 3.8) is 0 Å². The first-order valence-corrected chi connectivity index (χ1v) is 25.5. The Kier molecular flexibility index (Phi) is 23.2. The number of carbonyl (C=O) groups is 1. The molecule has 334 valence electrons. The van der Waals surface area contributed by atoms with Crippen molar-refractivity contribution in [2.45, 2.75) is 188 Å². The number of carbonyl (C=O) groups excluding carboxylic acids is 1. The summed E-state index contributed by atoms with van der Waals surface area (Å²) in [6.07, 6.45) is 26.8. The average Bonchev–Trinajstić information content (AvgIpc) is 3.22. The van der Waals surface area contributed by atoms with Crippen molar-refractivity contribution in [1.29, 1.82) is 0 Å². The van der Waals surface area contributed by atoms with Crippen molar-refractivity contribution < 1.29 is 32.6 Å². The zero-order valence-corrected chi connectivity index (χ0v) is 39.4. The van der Waals surface area contributed by atoms with Crippen LogP contribution in [-0.2, 0) is 24.8 Å². The highest BCUT2D eigenvalue weighted by Crippen LogP contribution is 2.56. The van der Waals surface area contributed by atoms with E-state index in [1.54, 1.807) is 6.07 Å². The third-order valence-electron chi connectivity index (χ3n) is 11.7. The van der Waals surface area contributed by atoms with E-state index in [-0.39, 0.29) is 18.4 Å². The molecule has 0 radical (unpaired) electrons. The molecule has 0 aliphatic carbocycles. The molecule has 4 rings (SSSR count). The maximum atomic E-state index is 13.5. The van der Waals surface area contributed by atoms with Crippen LogP contribution in [0.2, 0.25) is 5.02 Å². The lowest BCUT2D eigenvalue weighted by molar-refractivity contribution is 0.0725. The molecule has 9 heteroatoms. The molecule has 0 amide bonds. The van der Waals surface area contributed by atoms with Crippen molar-refractivity contribution in [1.82, 2.24) is 0 Å². The lowest BCUT2D eigenvalue weighted by Crippen LogP contribution is -2.17. The number of aryl methyl sites for hydroxylation is 2. The summed E-state index contributed by atoms with van der Waals surface area (Å²) in [6.45, 7) is 11.3. The topological polar surface area (TPSA) is 80.3 Å². The molecule has 0 unspecified atom stereocenters. The van der Waals surface area contributed by atoms with Gasteiger partial charge >= 0.3 is 13.8 Å². The number of unbranched alkanes of at least 4 members (excludes halogenated alkanes) is 19. The SMILES string of the molecule is CCCCCCCCCCCCCCCCCCCCCCOC(=O)Oc1ccc(Cc2c(C)cc(OC[P@@]3(=O)OCC[C@@H](c4cccc(Cl)c4)O3)cc2C)cc1C(C)C. The molecule has 60 heavy (non-hydrogen) atoms. The van der Waals surface area contributed by atoms with Crippen LogP contribution >= 0.6 is 19.2 Å². The Hall–Kier alpha value is -2.83. The standard InChI is InChI=1S/C51H76ClO7P/c1-6-7-8-9-10-11-12-13-14-15-16-17-18-19-20-21-22-23-24-25-32-55-51(53)58-50-30-29-43(36-47(50)40(2)3)37-48-41(4)34-46(35-42(48)5)56-39-60(54)57-33-31-49(59-60)44-27-26-28-45(52)38-44/h26-30,34-36,38,40,49H,6-25,31-33,37,39H2,1-5H3/t49-,60+/m0/s1. The second-order valence-electron chi connectivity index (χ2n) is 17.3. The first kappa shape index (κ1) is 49.8. The summed E-state index contributed by atoms with van der Waals surface area (Å²) < 4.78 is 42.2. The first-order chi connectivity index (χ1) is 29.1. The fourth-order valence-corrected chi connectivity index (χ4v) is 9.84. The van der Waals surface area contributed by atoms with Gasteiger partial charge in [-0.05, 0) is 96.3 Å². The Morgan fingerprint density at radius 1 is 0.767 bits per heavy atom. The van der Waals surface area contributed by atoms with Crippen molar-refractivity contribution in [2.24, 2.45) is 0 Å². The quantitative estimate of drug-likeness (QED) is 0.0297. The molecule has 1 aliphatic rings. The van der Waals surface area contributed by atoms with Crippen LogP contribution in [0.25, 0.3) is 0 Å². The molecule has 0 N–H and O–H groups in total. The molecule has 0 saturated carbocycles. The minimum absolute atomic E-state index is 0.153. The Bertz CT molecular complexity index is 1720. The highest BCUT2D eigenvalue weighted by molar-refractivity contribution is 7.53. The van der Waals surface area contributed by atoms with Crippen LogP contribution in [-0.4, -0.2) is 25.7 Å². The second-order valence-corrected chi connectivity index (χ2v) is 19.7. The van der Waals surface area contributed by atoms with E-state index in [0.29, 0.717) is 42.6 Å². The molecule has 3 aromatic carbocycles. The molecule has 7 nitrogen and oxygen atoms in total. The molecule has 1 fully saturated rings. The molecule has 3 aromatic rings. The number of hydrogen-bond donors (Lipinski definition) is 0. The Morgan fingerprint density at radius 2 is 1.33 bits per heavy atom. The summed E-state index contributed by atoms with van der Waals surface area (Å²) >= 11 is 6.18. The number of benzene rings is 3. The van der Waals surface area contributed by atoms with Crippen molar-refractivity contribution in [3.05, 3.63) is 93.0 Å². The van der Waals surface area contributed by atoms with Crippen molar-refractivity contribution >= 4 is 25.4 Å². The third-order valence-corrected chi connectivity index (χ3v) is 13.6.